The molecular formula is C9H11N3O3. The number of hydrogen-bond acceptors (Lipinski definition) is 3. The van der Waals surface area contributed by atoms with Gasteiger partial charge >= 0.3 is 5.69 Å². The molecule has 6 nitrogen and oxygen atoms in total. The molecule has 0 saturated carbocycles. The van der Waals surface area contributed by atoms with Gasteiger partial charge in [0.25, 0.3) is 5.56 Å². The van der Waals surface area contributed by atoms with E-state index in [0.29, 0.717) is 6.54 Å². The van der Waals surface area contributed by atoms with Crippen molar-refractivity contribution in [1.82, 2.24) is 14.9 Å². The molecule has 1 aromatic heterocycles. The lowest BCUT2D eigenvalue weighted by atomic mass is 10.5. The van der Waals surface area contributed by atoms with Gasteiger partial charge in [0.2, 0.25) is 5.91 Å². The Hall–Kier alpha value is -2.11. The third-order valence-corrected chi connectivity index (χ3v) is 1.65. The van der Waals surface area contributed by atoms with Gasteiger partial charge in [0.15, 0.2) is 0 Å². The first kappa shape index (κ1) is 11.0. The Kier molecular flexibility index (Phi) is 3.61. The summed E-state index contributed by atoms with van der Waals surface area (Å²) in [6, 6.07) is 1.18. The van der Waals surface area contributed by atoms with Gasteiger partial charge in [-0.3, -0.25) is 19.1 Å². The van der Waals surface area contributed by atoms with E-state index in [-0.39, 0.29) is 12.5 Å². The Morgan fingerprint density at radius 2 is 2.33 bits per heavy atom. The van der Waals surface area contributed by atoms with E-state index in [4.69, 9.17) is 0 Å². The van der Waals surface area contributed by atoms with Crippen LogP contribution in [0.25, 0.3) is 0 Å². The van der Waals surface area contributed by atoms with Gasteiger partial charge in [-0.2, -0.15) is 0 Å². The number of rotatable bonds is 4. The molecule has 0 unspecified atom stereocenters. The van der Waals surface area contributed by atoms with E-state index in [1.54, 1.807) is 0 Å². The highest BCUT2D eigenvalue weighted by molar-refractivity contribution is 5.75. The molecule has 0 aliphatic carbocycles. The summed E-state index contributed by atoms with van der Waals surface area (Å²) in [4.78, 5) is 35.1. The van der Waals surface area contributed by atoms with Gasteiger partial charge in [0.1, 0.15) is 6.54 Å². The van der Waals surface area contributed by atoms with Crippen LogP contribution in [0.5, 0.6) is 0 Å². The quantitative estimate of drug-likeness (QED) is 0.613. The Balaban J connectivity index is 2.73. The molecule has 80 valence electrons. The van der Waals surface area contributed by atoms with Crippen molar-refractivity contribution in [3.8, 4) is 0 Å². The van der Waals surface area contributed by atoms with Gasteiger partial charge in [0.05, 0.1) is 0 Å². The summed E-state index contributed by atoms with van der Waals surface area (Å²) < 4.78 is 1.11. The molecule has 1 aromatic rings. The minimum Gasteiger partial charge on any atom is -0.351 e. The summed E-state index contributed by atoms with van der Waals surface area (Å²) in [6.07, 6.45) is 2.81. The molecule has 0 saturated heterocycles. The number of nitrogens with one attached hydrogen (secondary N) is 2. The van der Waals surface area contributed by atoms with Crippen LogP contribution >= 0.6 is 0 Å². The number of aromatic nitrogens is 2. The molecule has 15 heavy (non-hydrogen) atoms. The van der Waals surface area contributed by atoms with Crippen LogP contribution in [0.1, 0.15) is 0 Å². The summed E-state index contributed by atoms with van der Waals surface area (Å²) in [5, 5.41) is 2.51. The van der Waals surface area contributed by atoms with Gasteiger partial charge in [-0.15, -0.1) is 6.58 Å². The lowest BCUT2D eigenvalue weighted by Crippen LogP contribution is -2.35. The highest BCUT2D eigenvalue weighted by atomic mass is 16.2. The van der Waals surface area contributed by atoms with Crippen molar-refractivity contribution < 1.29 is 4.79 Å². The van der Waals surface area contributed by atoms with Crippen molar-refractivity contribution in [1.29, 1.82) is 0 Å². The van der Waals surface area contributed by atoms with E-state index in [1.165, 1.54) is 18.3 Å². The number of aromatic amines is 1. The van der Waals surface area contributed by atoms with Gasteiger partial charge < -0.3 is 5.32 Å². The second-order valence-corrected chi connectivity index (χ2v) is 2.83. The molecule has 1 heterocycles. The van der Waals surface area contributed by atoms with Crippen molar-refractivity contribution in [3.63, 3.8) is 0 Å². The van der Waals surface area contributed by atoms with Crippen LogP contribution < -0.4 is 16.6 Å². The van der Waals surface area contributed by atoms with Gasteiger partial charge in [-0.05, 0) is 0 Å². The van der Waals surface area contributed by atoms with E-state index >= 15 is 0 Å². The van der Waals surface area contributed by atoms with E-state index in [2.05, 4.69) is 16.9 Å². The fourth-order valence-corrected chi connectivity index (χ4v) is 0.965. The Morgan fingerprint density at radius 1 is 1.60 bits per heavy atom. The standard InChI is InChI=1S/C9H11N3O3/c1-2-4-10-8(14)6-12-5-3-7(13)11-9(12)15/h2-3,5H,1,4,6H2,(H,10,14)(H,11,13,15). The molecule has 0 atom stereocenters. The third kappa shape index (κ3) is 3.26. The van der Waals surface area contributed by atoms with E-state index < -0.39 is 11.2 Å². The average Bonchev–Trinajstić information content (AvgIpc) is 2.19. The number of amides is 1. The zero-order chi connectivity index (χ0) is 11.3. The molecule has 0 aliphatic rings. The van der Waals surface area contributed by atoms with Gasteiger partial charge in [-0.1, -0.05) is 6.08 Å². The first-order chi connectivity index (χ1) is 7.13. The second kappa shape index (κ2) is 4.94. The minimum atomic E-state index is -0.601. The number of H-pyrrole nitrogens is 1. The highest BCUT2D eigenvalue weighted by Crippen LogP contribution is 1.77. The van der Waals surface area contributed by atoms with Crippen LogP contribution in [0.15, 0.2) is 34.5 Å². The lowest BCUT2D eigenvalue weighted by molar-refractivity contribution is -0.121. The SMILES string of the molecule is C=CCNC(=O)Cn1ccc(=O)[nH]c1=O. The van der Waals surface area contributed by atoms with Crippen molar-refractivity contribution >= 4 is 5.91 Å². The Morgan fingerprint density at radius 3 is 2.93 bits per heavy atom. The molecule has 2 N–H and O–H groups in total. The molecular weight excluding hydrogens is 198 g/mol. The average molecular weight is 209 g/mol. The number of nitrogens with zero attached hydrogens (tertiary/aromatic N) is 1. The minimum absolute atomic E-state index is 0.122. The van der Waals surface area contributed by atoms with Crippen LogP contribution in [0, 0.1) is 0 Å². The summed E-state index contributed by atoms with van der Waals surface area (Å²) in [5.74, 6) is -0.316. The van der Waals surface area contributed by atoms with Crippen LogP contribution in [0.2, 0.25) is 0 Å². The predicted octanol–water partition coefficient (Wildman–Crippen LogP) is -1.16. The summed E-state index contributed by atoms with van der Waals surface area (Å²) in [5.41, 5.74) is -1.08. The number of carbonyl (C=O) groups excluding carboxylic acids is 1. The summed E-state index contributed by atoms with van der Waals surface area (Å²) in [6.45, 7) is 3.66. The van der Waals surface area contributed by atoms with Crippen LogP contribution in [0.4, 0.5) is 0 Å². The molecule has 0 spiro atoms. The maximum absolute atomic E-state index is 11.2. The summed E-state index contributed by atoms with van der Waals surface area (Å²) >= 11 is 0. The van der Waals surface area contributed by atoms with Crippen LogP contribution in [0.3, 0.4) is 0 Å². The van der Waals surface area contributed by atoms with E-state index in [1.807, 2.05) is 0 Å². The normalized spacial score (nSPS) is 9.60. The maximum atomic E-state index is 11.2. The zero-order valence-corrected chi connectivity index (χ0v) is 8.03. The van der Waals surface area contributed by atoms with Crippen LogP contribution in [-0.2, 0) is 11.3 Å². The van der Waals surface area contributed by atoms with Crippen molar-refractivity contribution in [3.05, 3.63) is 45.8 Å². The van der Waals surface area contributed by atoms with Gasteiger partial charge in [-0.25, -0.2) is 4.79 Å². The smallest absolute Gasteiger partial charge is 0.328 e. The van der Waals surface area contributed by atoms with Crippen molar-refractivity contribution in [2.24, 2.45) is 0 Å². The molecule has 0 bridgehead atoms. The fourth-order valence-electron chi connectivity index (χ4n) is 0.965. The molecule has 0 radical (unpaired) electrons. The summed E-state index contributed by atoms with van der Waals surface area (Å²) in [7, 11) is 0. The van der Waals surface area contributed by atoms with E-state index in [9.17, 15) is 14.4 Å². The predicted molar refractivity (Wildman–Crippen MR) is 54.5 cm³/mol. The van der Waals surface area contributed by atoms with Crippen LogP contribution in [-0.4, -0.2) is 22.0 Å². The zero-order valence-electron chi connectivity index (χ0n) is 8.03. The molecule has 0 aliphatic heterocycles. The number of hydrogen-bond donors (Lipinski definition) is 2. The largest absolute Gasteiger partial charge is 0.351 e. The lowest BCUT2D eigenvalue weighted by Gasteiger charge is -2.04. The van der Waals surface area contributed by atoms with E-state index in [0.717, 1.165) is 4.57 Å². The molecule has 1 rings (SSSR count). The highest BCUT2D eigenvalue weighted by Gasteiger charge is 2.02. The molecule has 6 heteroatoms. The first-order valence-corrected chi connectivity index (χ1v) is 4.31. The monoisotopic (exact) mass is 209 g/mol. The molecule has 0 fully saturated rings. The fraction of sp³-hybridized carbons (Fsp3) is 0.222. The van der Waals surface area contributed by atoms with Gasteiger partial charge in [0, 0.05) is 18.8 Å². The molecule has 1 amide bonds. The topological polar surface area (TPSA) is 84.0 Å². The van der Waals surface area contributed by atoms with Crippen molar-refractivity contribution in [2.45, 2.75) is 6.54 Å². The molecule has 0 aromatic carbocycles. The Bertz CT molecular complexity index is 472. The second-order valence-electron chi connectivity index (χ2n) is 2.83. The Labute approximate surface area is 85.3 Å². The number of carbonyl (C=O) groups is 1. The maximum Gasteiger partial charge on any atom is 0.328 e. The first-order valence-electron chi connectivity index (χ1n) is 4.31. The van der Waals surface area contributed by atoms with Crippen molar-refractivity contribution in [2.75, 3.05) is 6.54 Å². The third-order valence-electron chi connectivity index (χ3n) is 1.65.